The van der Waals surface area contributed by atoms with Crippen LogP contribution in [0.2, 0.25) is 25.2 Å². The Morgan fingerprint density at radius 2 is 1.06 bits per heavy atom. The van der Waals surface area contributed by atoms with Gasteiger partial charge in [-0.3, -0.25) is 0 Å². The van der Waals surface area contributed by atoms with Gasteiger partial charge in [-0.05, 0) is 12.1 Å². The molecule has 17 heavy (non-hydrogen) atoms. The smallest absolute Gasteiger partial charge is 0.364 e. The van der Waals surface area contributed by atoms with Crippen molar-refractivity contribution in [2.24, 2.45) is 0 Å². The van der Waals surface area contributed by atoms with Gasteiger partial charge in [-0.25, -0.2) is 0 Å². The summed E-state index contributed by atoms with van der Waals surface area (Å²) in [6, 6.07) is 0.0969. The molecule has 9 heteroatoms. The van der Waals surface area contributed by atoms with Crippen molar-refractivity contribution < 1.29 is 26.3 Å². The molecule has 2 unspecified atom stereocenters. The van der Waals surface area contributed by atoms with Gasteiger partial charge in [0, 0.05) is 12.8 Å². The molecule has 0 spiro atoms. The average molecular weight is 297 g/mol. The van der Waals surface area contributed by atoms with Crippen molar-refractivity contribution in [1.82, 2.24) is 4.65 Å². The summed E-state index contributed by atoms with van der Waals surface area (Å²) in [5, 5.41) is 0. The third-order valence-electron chi connectivity index (χ3n) is 2.29. The van der Waals surface area contributed by atoms with Crippen LogP contribution in [0.5, 0.6) is 0 Å². The molecule has 0 aliphatic heterocycles. The Bertz CT molecular complexity index is 195. The number of rotatable bonds is 6. The lowest BCUT2D eigenvalue weighted by Crippen LogP contribution is -2.42. The number of halogens is 6. The minimum absolute atomic E-state index is 0.0485. The average Bonchev–Trinajstić information content (AvgIpc) is 2.09. The second-order valence-corrected chi connectivity index (χ2v) is 10.4. The lowest BCUT2D eigenvalue weighted by atomic mass is 10.5. The van der Waals surface area contributed by atoms with E-state index in [0.29, 0.717) is 0 Å². The molecule has 0 aromatic heterocycles. The molecule has 104 valence electrons. The Labute approximate surface area is 100.0 Å². The van der Waals surface area contributed by atoms with Crippen molar-refractivity contribution in [3.8, 4) is 0 Å². The van der Waals surface area contributed by atoms with Gasteiger partial charge in [0.25, 0.3) is 0 Å². The highest BCUT2D eigenvalue weighted by atomic mass is 28.3. The molecule has 0 heterocycles. The molecule has 0 bridgehead atoms. The first-order chi connectivity index (χ1) is 7.49. The van der Waals surface area contributed by atoms with Crippen molar-refractivity contribution >= 4 is 17.9 Å². The predicted molar refractivity (Wildman–Crippen MR) is 60.1 cm³/mol. The van der Waals surface area contributed by atoms with E-state index < -0.39 is 43.1 Å². The van der Waals surface area contributed by atoms with Crippen molar-refractivity contribution in [3.63, 3.8) is 0 Å². The summed E-state index contributed by atoms with van der Waals surface area (Å²) in [4.78, 5) is 0. The van der Waals surface area contributed by atoms with E-state index in [1.807, 2.05) is 0 Å². The van der Waals surface area contributed by atoms with Gasteiger partial charge in [0.05, 0.1) is 17.9 Å². The van der Waals surface area contributed by atoms with Crippen LogP contribution in [0.15, 0.2) is 0 Å². The first-order valence-corrected chi connectivity index (χ1v) is 10.5. The molecular weight excluding hydrogens is 280 g/mol. The van der Waals surface area contributed by atoms with E-state index in [4.69, 9.17) is 0 Å². The highest BCUT2D eigenvalue weighted by Crippen LogP contribution is 2.23. The van der Waals surface area contributed by atoms with Gasteiger partial charge in [0.2, 0.25) is 0 Å². The van der Waals surface area contributed by atoms with Gasteiger partial charge in [-0.2, -0.15) is 26.3 Å². The van der Waals surface area contributed by atoms with Crippen molar-refractivity contribution in [1.29, 1.82) is 0 Å². The predicted octanol–water partition coefficient (Wildman–Crippen LogP) is 3.19. The molecule has 0 rings (SSSR count). The molecule has 2 atom stereocenters. The van der Waals surface area contributed by atoms with Gasteiger partial charge in [0.1, 0.15) is 0 Å². The molecule has 0 saturated heterocycles. The summed E-state index contributed by atoms with van der Waals surface area (Å²) in [5.41, 5.74) is 0. The fourth-order valence-electron chi connectivity index (χ4n) is 1.41. The highest BCUT2D eigenvalue weighted by Gasteiger charge is 2.29. The summed E-state index contributed by atoms with van der Waals surface area (Å²) < 4.78 is 74.5. The Hall–Kier alpha value is -0.0262. The summed E-state index contributed by atoms with van der Waals surface area (Å²) in [7, 11) is -3.44. The van der Waals surface area contributed by atoms with E-state index in [1.165, 1.54) is 0 Å². The van der Waals surface area contributed by atoms with Crippen molar-refractivity contribution in [2.75, 3.05) is 0 Å². The third kappa shape index (κ3) is 12.2. The Balaban J connectivity index is 3.77. The molecule has 1 nitrogen and oxygen atoms in total. The van der Waals surface area contributed by atoms with E-state index >= 15 is 0 Å². The summed E-state index contributed by atoms with van der Waals surface area (Å²) >= 11 is 0. The standard InChI is InChI=1S/C8H17F6NSi2/c1-16(5-3-7(9,10)11)15-17(2)6-4-8(12,13)14/h15-17H,3-6H2,1-2H3. The zero-order chi connectivity index (χ0) is 13.7. The van der Waals surface area contributed by atoms with Crippen LogP contribution in [-0.4, -0.2) is 30.3 Å². The number of hydrogen-bond acceptors (Lipinski definition) is 1. The van der Waals surface area contributed by atoms with Gasteiger partial charge >= 0.3 is 12.4 Å². The molecule has 0 aromatic rings. The largest absolute Gasteiger partial charge is 0.388 e. The van der Waals surface area contributed by atoms with Crippen molar-refractivity contribution in [3.05, 3.63) is 0 Å². The van der Waals surface area contributed by atoms with E-state index in [2.05, 4.69) is 4.65 Å². The fourth-order valence-corrected chi connectivity index (χ4v) is 8.15. The normalized spacial score (nSPS) is 16.9. The molecule has 0 radical (unpaired) electrons. The summed E-state index contributed by atoms with van der Waals surface area (Å²) in [5.74, 6) is 0. The van der Waals surface area contributed by atoms with Crippen LogP contribution in [0, 0.1) is 0 Å². The quantitative estimate of drug-likeness (QED) is 0.586. The van der Waals surface area contributed by atoms with E-state index in [9.17, 15) is 26.3 Å². The van der Waals surface area contributed by atoms with E-state index in [-0.39, 0.29) is 12.1 Å². The van der Waals surface area contributed by atoms with Crippen LogP contribution in [0.25, 0.3) is 0 Å². The van der Waals surface area contributed by atoms with E-state index in [1.54, 1.807) is 13.1 Å². The van der Waals surface area contributed by atoms with Gasteiger partial charge in [-0.15, -0.1) is 0 Å². The third-order valence-corrected chi connectivity index (χ3v) is 9.15. The maximum Gasteiger partial charge on any atom is 0.388 e. The molecular formula is C8H17F6NSi2. The Kier molecular flexibility index (Phi) is 6.78. The van der Waals surface area contributed by atoms with Crippen LogP contribution in [0.3, 0.4) is 0 Å². The number of hydrogen-bond donors (Lipinski definition) is 1. The first kappa shape index (κ1) is 17.0. The molecule has 0 fully saturated rings. The Morgan fingerprint density at radius 3 is 1.29 bits per heavy atom. The van der Waals surface area contributed by atoms with E-state index in [0.717, 1.165) is 0 Å². The van der Waals surface area contributed by atoms with Gasteiger partial charge in [-0.1, -0.05) is 13.1 Å². The maximum absolute atomic E-state index is 11.9. The lowest BCUT2D eigenvalue weighted by molar-refractivity contribution is -0.131. The van der Waals surface area contributed by atoms with Crippen LogP contribution >= 0.6 is 0 Å². The minimum Gasteiger partial charge on any atom is -0.364 e. The van der Waals surface area contributed by atoms with Crippen LogP contribution in [0.1, 0.15) is 12.8 Å². The lowest BCUT2D eigenvalue weighted by Gasteiger charge is -2.19. The van der Waals surface area contributed by atoms with Crippen LogP contribution < -0.4 is 4.65 Å². The number of nitrogens with one attached hydrogen (secondary N) is 1. The molecule has 1 N–H and O–H groups in total. The number of alkyl halides is 6. The van der Waals surface area contributed by atoms with Gasteiger partial charge in [0.15, 0.2) is 0 Å². The zero-order valence-corrected chi connectivity index (χ0v) is 12.1. The summed E-state index contributed by atoms with van der Waals surface area (Å²) in [6.45, 7) is 3.42. The SMILES string of the molecule is C[SiH](CCC(F)(F)F)N[SiH](C)CCC(F)(F)F. The van der Waals surface area contributed by atoms with Crippen LogP contribution in [-0.2, 0) is 0 Å². The molecule has 0 amide bonds. The molecule has 0 saturated carbocycles. The molecule has 0 aromatic carbocycles. The summed E-state index contributed by atoms with van der Waals surface area (Å²) in [6.07, 6.45) is -10.0. The zero-order valence-electron chi connectivity index (χ0n) is 9.75. The Morgan fingerprint density at radius 1 is 0.765 bits per heavy atom. The second-order valence-electron chi connectivity index (χ2n) is 4.28. The fraction of sp³-hybridized carbons (Fsp3) is 1.00. The topological polar surface area (TPSA) is 12.0 Å². The second kappa shape index (κ2) is 6.79. The highest BCUT2D eigenvalue weighted by molar-refractivity contribution is 6.71. The molecule has 0 aliphatic carbocycles. The van der Waals surface area contributed by atoms with Gasteiger partial charge < -0.3 is 4.65 Å². The first-order valence-electron chi connectivity index (χ1n) is 5.39. The monoisotopic (exact) mass is 297 g/mol. The minimum atomic E-state index is -4.17. The molecule has 0 aliphatic rings. The van der Waals surface area contributed by atoms with Crippen LogP contribution in [0.4, 0.5) is 26.3 Å². The maximum atomic E-state index is 11.9. The van der Waals surface area contributed by atoms with Crippen molar-refractivity contribution in [2.45, 2.75) is 50.4 Å².